The van der Waals surface area contributed by atoms with Crippen molar-refractivity contribution in [2.75, 3.05) is 18.0 Å². The van der Waals surface area contributed by atoms with E-state index in [1.807, 2.05) is 11.0 Å². The molecule has 0 spiro atoms. The molecular formula is C17H19N3O4. The quantitative estimate of drug-likeness (QED) is 0.673. The van der Waals surface area contributed by atoms with Gasteiger partial charge in [-0.3, -0.25) is 14.9 Å². The molecule has 1 N–H and O–H groups in total. The van der Waals surface area contributed by atoms with Crippen LogP contribution in [0.2, 0.25) is 0 Å². The van der Waals surface area contributed by atoms with E-state index in [-0.39, 0.29) is 22.4 Å². The molecule has 7 nitrogen and oxygen atoms in total. The Hall–Kier alpha value is -2.83. The highest BCUT2D eigenvalue weighted by Gasteiger charge is 2.27. The summed E-state index contributed by atoms with van der Waals surface area (Å²) in [5, 5.41) is 14.0. The van der Waals surface area contributed by atoms with Crippen molar-refractivity contribution in [3.63, 3.8) is 0 Å². The summed E-state index contributed by atoms with van der Waals surface area (Å²) in [4.78, 5) is 25.0. The number of para-hydroxylation sites is 2. The average Bonchev–Trinajstić information content (AvgIpc) is 3.13. The van der Waals surface area contributed by atoms with Crippen LogP contribution >= 0.6 is 0 Å². The van der Waals surface area contributed by atoms with E-state index >= 15 is 0 Å². The number of furan rings is 1. The highest BCUT2D eigenvalue weighted by atomic mass is 16.6. The lowest BCUT2D eigenvalue weighted by molar-refractivity contribution is -0.384. The Bertz CT molecular complexity index is 706. The van der Waals surface area contributed by atoms with Crippen molar-refractivity contribution >= 4 is 17.3 Å². The molecule has 0 bridgehead atoms. The maximum Gasteiger partial charge on any atom is 0.292 e. The molecule has 24 heavy (non-hydrogen) atoms. The molecular weight excluding hydrogens is 310 g/mol. The van der Waals surface area contributed by atoms with Crippen molar-refractivity contribution in [2.24, 2.45) is 5.92 Å². The minimum Gasteiger partial charge on any atom is -0.467 e. The van der Waals surface area contributed by atoms with Gasteiger partial charge >= 0.3 is 0 Å². The second-order valence-electron chi connectivity index (χ2n) is 5.80. The summed E-state index contributed by atoms with van der Waals surface area (Å²) < 4.78 is 5.19. The molecule has 1 aromatic heterocycles. The highest BCUT2D eigenvalue weighted by molar-refractivity contribution is 5.79. The van der Waals surface area contributed by atoms with Crippen molar-refractivity contribution in [1.29, 1.82) is 0 Å². The third-order valence-corrected chi connectivity index (χ3v) is 4.30. The lowest BCUT2D eigenvalue weighted by Crippen LogP contribution is -2.40. The second-order valence-corrected chi connectivity index (χ2v) is 5.80. The molecule has 1 aliphatic heterocycles. The Balaban J connectivity index is 1.56. The molecule has 2 aromatic rings. The van der Waals surface area contributed by atoms with Crippen LogP contribution in [0.5, 0.6) is 0 Å². The lowest BCUT2D eigenvalue weighted by Gasteiger charge is -2.32. The van der Waals surface area contributed by atoms with Gasteiger partial charge in [-0.15, -0.1) is 0 Å². The Kier molecular flexibility index (Phi) is 4.79. The van der Waals surface area contributed by atoms with Crippen molar-refractivity contribution in [3.8, 4) is 0 Å². The largest absolute Gasteiger partial charge is 0.467 e. The van der Waals surface area contributed by atoms with Crippen molar-refractivity contribution in [2.45, 2.75) is 19.4 Å². The maximum absolute atomic E-state index is 12.2. The normalized spacial score (nSPS) is 15.2. The van der Waals surface area contributed by atoms with Crippen LogP contribution in [0, 0.1) is 16.0 Å². The summed E-state index contributed by atoms with van der Waals surface area (Å²) in [7, 11) is 0. The maximum atomic E-state index is 12.2. The number of hydrogen-bond acceptors (Lipinski definition) is 5. The fraction of sp³-hybridized carbons (Fsp3) is 0.353. The van der Waals surface area contributed by atoms with E-state index in [9.17, 15) is 14.9 Å². The van der Waals surface area contributed by atoms with E-state index < -0.39 is 0 Å². The molecule has 1 aromatic carbocycles. The molecule has 1 amide bonds. The minimum absolute atomic E-state index is 0.00797. The zero-order chi connectivity index (χ0) is 16.9. The third kappa shape index (κ3) is 3.56. The number of nitrogens with zero attached hydrogens (tertiary/aromatic N) is 2. The van der Waals surface area contributed by atoms with Gasteiger partial charge in [0, 0.05) is 25.1 Å². The first-order valence-corrected chi connectivity index (χ1v) is 7.93. The predicted octanol–water partition coefficient (Wildman–Crippen LogP) is 2.72. The molecule has 1 aliphatic rings. The first kappa shape index (κ1) is 16.0. The smallest absolute Gasteiger partial charge is 0.292 e. The molecule has 0 radical (unpaired) electrons. The van der Waals surface area contributed by atoms with E-state index in [0.29, 0.717) is 38.2 Å². The van der Waals surface area contributed by atoms with E-state index in [0.717, 1.165) is 5.76 Å². The zero-order valence-corrected chi connectivity index (χ0v) is 13.2. The molecule has 1 saturated heterocycles. The van der Waals surface area contributed by atoms with Gasteiger partial charge in [-0.2, -0.15) is 0 Å². The fourth-order valence-electron chi connectivity index (χ4n) is 3.00. The van der Waals surface area contributed by atoms with Crippen LogP contribution in [0.3, 0.4) is 0 Å². The summed E-state index contributed by atoms with van der Waals surface area (Å²) in [5.74, 6) is 0.660. The number of carbonyl (C=O) groups is 1. The summed E-state index contributed by atoms with van der Waals surface area (Å²) in [6.45, 7) is 1.64. The number of rotatable bonds is 5. The summed E-state index contributed by atoms with van der Waals surface area (Å²) in [5.41, 5.74) is 0.732. The third-order valence-electron chi connectivity index (χ3n) is 4.30. The van der Waals surface area contributed by atoms with Gasteiger partial charge < -0.3 is 14.6 Å². The zero-order valence-electron chi connectivity index (χ0n) is 13.2. The van der Waals surface area contributed by atoms with Gasteiger partial charge in [0.15, 0.2) is 0 Å². The fourth-order valence-corrected chi connectivity index (χ4v) is 3.00. The molecule has 0 unspecified atom stereocenters. The van der Waals surface area contributed by atoms with Crippen LogP contribution in [-0.2, 0) is 11.3 Å². The number of nitrogens with one attached hydrogen (secondary N) is 1. The number of piperidine rings is 1. The Labute approximate surface area is 139 Å². The van der Waals surface area contributed by atoms with Crippen LogP contribution in [0.4, 0.5) is 11.4 Å². The molecule has 126 valence electrons. The summed E-state index contributed by atoms with van der Waals surface area (Å²) in [6, 6.07) is 10.3. The van der Waals surface area contributed by atoms with Crippen molar-refractivity contribution in [1.82, 2.24) is 5.32 Å². The predicted molar refractivity (Wildman–Crippen MR) is 88.6 cm³/mol. The minimum atomic E-state index is -0.364. The molecule has 0 aliphatic carbocycles. The van der Waals surface area contributed by atoms with Crippen LogP contribution < -0.4 is 10.2 Å². The van der Waals surface area contributed by atoms with Crippen LogP contribution in [0.15, 0.2) is 47.1 Å². The standard InChI is InChI=1S/C17H19N3O4/c21-17(18-12-14-4-3-11-24-14)13-7-9-19(10-8-13)15-5-1-2-6-16(15)20(22)23/h1-6,11,13H,7-10,12H2,(H,18,21). The monoisotopic (exact) mass is 329 g/mol. The highest BCUT2D eigenvalue weighted by Crippen LogP contribution is 2.31. The Morgan fingerprint density at radius 2 is 2.00 bits per heavy atom. The number of amides is 1. The number of nitro groups is 1. The second kappa shape index (κ2) is 7.16. The van der Waals surface area contributed by atoms with Gasteiger partial charge in [0.25, 0.3) is 5.69 Å². The summed E-state index contributed by atoms with van der Waals surface area (Å²) in [6.07, 6.45) is 2.93. The van der Waals surface area contributed by atoms with Gasteiger partial charge in [0.1, 0.15) is 11.4 Å². The first-order chi connectivity index (χ1) is 11.6. The number of carbonyl (C=O) groups excluding carboxylic acids is 1. The Morgan fingerprint density at radius 1 is 1.25 bits per heavy atom. The van der Waals surface area contributed by atoms with Crippen molar-refractivity contribution in [3.05, 3.63) is 58.5 Å². The van der Waals surface area contributed by atoms with E-state index in [1.165, 1.54) is 6.07 Å². The number of nitro benzene ring substituents is 1. The molecule has 0 atom stereocenters. The number of anilines is 1. The first-order valence-electron chi connectivity index (χ1n) is 7.93. The van der Waals surface area contributed by atoms with Crippen LogP contribution in [0.1, 0.15) is 18.6 Å². The average molecular weight is 329 g/mol. The van der Waals surface area contributed by atoms with Crippen molar-refractivity contribution < 1.29 is 14.1 Å². The van der Waals surface area contributed by atoms with E-state index in [2.05, 4.69) is 5.32 Å². The molecule has 3 rings (SSSR count). The molecule has 7 heteroatoms. The van der Waals surface area contributed by atoms with Gasteiger partial charge in [-0.05, 0) is 31.0 Å². The number of benzene rings is 1. The van der Waals surface area contributed by atoms with Gasteiger partial charge in [-0.25, -0.2) is 0 Å². The molecule has 1 fully saturated rings. The van der Waals surface area contributed by atoms with Crippen LogP contribution in [0.25, 0.3) is 0 Å². The van der Waals surface area contributed by atoms with Gasteiger partial charge in [0.05, 0.1) is 17.7 Å². The number of hydrogen-bond donors (Lipinski definition) is 1. The lowest BCUT2D eigenvalue weighted by atomic mass is 9.95. The topological polar surface area (TPSA) is 88.6 Å². The van der Waals surface area contributed by atoms with Crippen LogP contribution in [-0.4, -0.2) is 23.9 Å². The summed E-state index contributed by atoms with van der Waals surface area (Å²) >= 11 is 0. The SMILES string of the molecule is O=C(NCc1ccco1)C1CCN(c2ccccc2[N+](=O)[O-])CC1. The van der Waals surface area contributed by atoms with Gasteiger partial charge in [-0.1, -0.05) is 12.1 Å². The molecule has 2 heterocycles. The van der Waals surface area contributed by atoms with Gasteiger partial charge in [0.2, 0.25) is 5.91 Å². The Morgan fingerprint density at radius 3 is 2.67 bits per heavy atom. The molecule has 0 saturated carbocycles. The van der Waals surface area contributed by atoms with E-state index in [4.69, 9.17) is 4.42 Å². The van der Waals surface area contributed by atoms with E-state index in [1.54, 1.807) is 30.5 Å².